The molecule has 4 heterocycles. The number of hydrogen-bond acceptors (Lipinski definition) is 7. The molecule has 1 aromatic carbocycles. The summed E-state index contributed by atoms with van der Waals surface area (Å²) in [6.07, 6.45) is -0.840. The molecule has 6 rings (SSSR count). The number of alkyl halides is 3. The normalized spacial score (nSPS) is 24.0. The van der Waals surface area contributed by atoms with Gasteiger partial charge in [0.1, 0.15) is 23.6 Å². The van der Waals surface area contributed by atoms with Gasteiger partial charge in [-0.2, -0.15) is 13.2 Å². The van der Waals surface area contributed by atoms with Crippen molar-refractivity contribution in [1.29, 1.82) is 0 Å². The van der Waals surface area contributed by atoms with Gasteiger partial charge in [-0.1, -0.05) is 12.1 Å². The van der Waals surface area contributed by atoms with Crippen LogP contribution in [0.4, 0.5) is 29.5 Å². The molecular formula is C25H26F3N5O2S. The lowest BCUT2D eigenvalue weighted by molar-refractivity contribution is -0.126. The van der Waals surface area contributed by atoms with Gasteiger partial charge in [0.25, 0.3) is 0 Å². The molecule has 2 aromatic heterocycles. The average Bonchev–Trinajstić information content (AvgIpc) is 3.52. The molecule has 0 unspecified atom stereocenters. The lowest BCUT2D eigenvalue weighted by atomic mass is 9.65. The summed E-state index contributed by atoms with van der Waals surface area (Å²) in [5.41, 5.74) is 2.33. The van der Waals surface area contributed by atoms with E-state index < -0.39 is 12.6 Å². The number of carbonyl (C=O) groups excluding carboxylic acids is 1. The molecule has 3 aliphatic rings. The predicted octanol–water partition coefficient (Wildman–Crippen LogP) is 5.22. The Hall–Kier alpha value is -3.08. The molecule has 3 fully saturated rings. The van der Waals surface area contributed by atoms with Crippen LogP contribution >= 0.6 is 11.3 Å². The number of carbonyl (C=O) groups is 1. The number of rotatable bonds is 6. The number of nitrogens with one attached hydrogen (secondary N) is 1. The van der Waals surface area contributed by atoms with Gasteiger partial charge < -0.3 is 19.9 Å². The minimum atomic E-state index is -4.23. The Balaban J connectivity index is 1.06. The van der Waals surface area contributed by atoms with Crippen molar-refractivity contribution in [2.24, 2.45) is 5.41 Å². The van der Waals surface area contributed by atoms with Crippen molar-refractivity contribution in [3.05, 3.63) is 47.1 Å². The average molecular weight is 518 g/mol. The van der Waals surface area contributed by atoms with E-state index >= 15 is 0 Å². The number of halogens is 3. The maximum atomic E-state index is 12.9. The molecular weight excluding hydrogens is 491 g/mol. The number of nitrogens with zero attached hydrogens (tertiary/aromatic N) is 4. The lowest BCUT2D eigenvalue weighted by Gasteiger charge is -2.46. The Bertz CT molecular complexity index is 1270. The van der Waals surface area contributed by atoms with Crippen LogP contribution in [0.3, 0.4) is 0 Å². The van der Waals surface area contributed by atoms with E-state index in [2.05, 4.69) is 32.3 Å². The highest BCUT2D eigenvalue weighted by Crippen LogP contribution is 2.50. The molecule has 2 saturated heterocycles. The fraction of sp³-hybridized carbons (Fsp3) is 0.480. The maximum absolute atomic E-state index is 12.9. The molecule has 1 N–H and O–H groups in total. The quantitative estimate of drug-likeness (QED) is 0.484. The standard InChI is InChI=1S/C25H26F3N5O2S/c26-25(27,28)12-19-9-20-21(29-15-30-22(20)36-19)33-6-5-24(14-33)10-18(11-24)31-17-3-1-16(2-4-17)13-32-7-8-35-23(32)34/h1-4,9,15,18,31H,5-8,10-14H2. The number of fused-ring (bicyclic) bond motifs is 1. The Morgan fingerprint density at radius 1 is 1.17 bits per heavy atom. The van der Waals surface area contributed by atoms with Gasteiger partial charge in [-0.25, -0.2) is 14.8 Å². The number of cyclic esters (lactones) is 1. The maximum Gasteiger partial charge on any atom is 0.410 e. The largest absolute Gasteiger partial charge is 0.448 e. The predicted molar refractivity (Wildman–Crippen MR) is 131 cm³/mol. The second-order valence-corrected chi connectivity index (χ2v) is 11.2. The van der Waals surface area contributed by atoms with E-state index in [9.17, 15) is 18.0 Å². The van der Waals surface area contributed by atoms with Crippen molar-refractivity contribution in [1.82, 2.24) is 14.9 Å². The number of amides is 1. The van der Waals surface area contributed by atoms with Gasteiger partial charge >= 0.3 is 12.3 Å². The van der Waals surface area contributed by atoms with E-state index in [1.54, 1.807) is 11.0 Å². The van der Waals surface area contributed by atoms with Crippen LogP contribution in [0.1, 0.15) is 29.7 Å². The summed E-state index contributed by atoms with van der Waals surface area (Å²) in [7, 11) is 0. The first kappa shape index (κ1) is 23.3. The minimum Gasteiger partial charge on any atom is -0.448 e. The van der Waals surface area contributed by atoms with Gasteiger partial charge in [0, 0.05) is 36.2 Å². The molecule has 36 heavy (non-hydrogen) atoms. The third-order valence-corrected chi connectivity index (χ3v) is 8.42. The van der Waals surface area contributed by atoms with Gasteiger partial charge in [0.2, 0.25) is 0 Å². The number of hydrogen-bond donors (Lipinski definition) is 1. The number of thiophene rings is 1. The molecule has 3 aromatic rings. The molecule has 7 nitrogen and oxygen atoms in total. The highest BCUT2D eigenvalue weighted by molar-refractivity contribution is 7.18. The van der Waals surface area contributed by atoms with Crippen LogP contribution in [-0.2, 0) is 17.7 Å². The molecule has 0 bridgehead atoms. The third-order valence-electron chi connectivity index (χ3n) is 7.37. The Labute approximate surface area is 210 Å². The number of aromatic nitrogens is 2. The summed E-state index contributed by atoms with van der Waals surface area (Å²) in [5, 5.41) is 4.33. The molecule has 0 atom stereocenters. The van der Waals surface area contributed by atoms with E-state index in [-0.39, 0.29) is 16.4 Å². The molecule has 1 aliphatic carbocycles. The second kappa shape index (κ2) is 8.79. The van der Waals surface area contributed by atoms with Gasteiger partial charge in [-0.05, 0) is 48.4 Å². The zero-order valence-corrected chi connectivity index (χ0v) is 20.4. The smallest absolute Gasteiger partial charge is 0.410 e. The van der Waals surface area contributed by atoms with Crippen LogP contribution in [0.2, 0.25) is 0 Å². The summed E-state index contributed by atoms with van der Waals surface area (Å²) in [6, 6.07) is 10.2. The second-order valence-electron chi connectivity index (χ2n) is 10.1. The molecule has 190 valence electrons. The van der Waals surface area contributed by atoms with E-state index in [1.807, 2.05) is 12.1 Å². The first-order valence-electron chi connectivity index (χ1n) is 12.1. The van der Waals surface area contributed by atoms with E-state index in [4.69, 9.17) is 4.74 Å². The Morgan fingerprint density at radius 3 is 2.69 bits per heavy atom. The zero-order chi connectivity index (χ0) is 24.9. The van der Waals surface area contributed by atoms with Crippen LogP contribution in [-0.4, -0.2) is 59.4 Å². The Morgan fingerprint density at radius 2 is 1.97 bits per heavy atom. The monoisotopic (exact) mass is 517 g/mol. The van der Waals surface area contributed by atoms with E-state index in [0.717, 1.165) is 66.1 Å². The first-order chi connectivity index (χ1) is 17.3. The fourth-order valence-electron chi connectivity index (χ4n) is 5.70. The van der Waals surface area contributed by atoms with Crippen molar-refractivity contribution >= 4 is 39.2 Å². The third kappa shape index (κ3) is 4.68. The first-order valence-corrected chi connectivity index (χ1v) is 12.9. The van der Waals surface area contributed by atoms with Gasteiger partial charge in [-0.15, -0.1) is 11.3 Å². The molecule has 0 radical (unpaired) electrons. The van der Waals surface area contributed by atoms with Crippen LogP contribution in [0.25, 0.3) is 10.2 Å². The SMILES string of the molecule is O=C1OCCN1Cc1ccc(NC2CC3(CCN(c4ncnc5sc(CC(F)(F)F)cc45)C3)C2)cc1. The highest BCUT2D eigenvalue weighted by atomic mass is 32.1. The van der Waals surface area contributed by atoms with Crippen molar-refractivity contribution in [2.45, 2.75) is 44.4 Å². The number of anilines is 2. The molecule has 1 saturated carbocycles. The zero-order valence-electron chi connectivity index (χ0n) is 19.6. The lowest BCUT2D eigenvalue weighted by Crippen LogP contribution is -2.46. The summed E-state index contributed by atoms with van der Waals surface area (Å²) in [5.74, 6) is 0.746. The van der Waals surface area contributed by atoms with Crippen LogP contribution in [0.5, 0.6) is 0 Å². The summed E-state index contributed by atoms with van der Waals surface area (Å²) in [6.45, 7) is 3.33. The van der Waals surface area contributed by atoms with E-state index in [1.165, 1.54) is 6.33 Å². The van der Waals surface area contributed by atoms with Gasteiger partial charge in [0.15, 0.2) is 0 Å². The van der Waals surface area contributed by atoms with Crippen molar-refractivity contribution in [3.8, 4) is 0 Å². The molecule has 1 spiro atoms. The summed E-state index contributed by atoms with van der Waals surface area (Å²) in [4.78, 5) is 25.1. The topological polar surface area (TPSA) is 70.6 Å². The highest BCUT2D eigenvalue weighted by Gasteiger charge is 2.49. The van der Waals surface area contributed by atoms with Crippen LogP contribution < -0.4 is 10.2 Å². The van der Waals surface area contributed by atoms with Crippen LogP contribution in [0.15, 0.2) is 36.7 Å². The molecule has 11 heteroatoms. The summed E-state index contributed by atoms with van der Waals surface area (Å²) < 4.78 is 43.6. The Kier molecular flexibility index (Phi) is 5.70. The molecule has 2 aliphatic heterocycles. The van der Waals surface area contributed by atoms with E-state index in [0.29, 0.717) is 30.6 Å². The number of benzene rings is 1. The van der Waals surface area contributed by atoms with Crippen molar-refractivity contribution in [2.75, 3.05) is 36.5 Å². The van der Waals surface area contributed by atoms with Gasteiger partial charge in [-0.3, -0.25) is 0 Å². The summed E-state index contributed by atoms with van der Waals surface area (Å²) >= 11 is 1.09. The van der Waals surface area contributed by atoms with Crippen molar-refractivity contribution in [3.63, 3.8) is 0 Å². The molecule has 1 amide bonds. The minimum absolute atomic E-state index is 0.204. The van der Waals surface area contributed by atoms with Gasteiger partial charge in [0.05, 0.1) is 18.4 Å². The van der Waals surface area contributed by atoms with Crippen molar-refractivity contribution < 1.29 is 22.7 Å². The van der Waals surface area contributed by atoms with Crippen LogP contribution in [0, 0.1) is 5.41 Å². The fourth-order valence-corrected chi connectivity index (χ4v) is 6.72. The number of ether oxygens (including phenoxy) is 1.